The lowest BCUT2D eigenvalue weighted by molar-refractivity contribution is -0.139. The number of hydrogen-bond donors (Lipinski definition) is 2. The molecule has 0 radical (unpaired) electrons. The summed E-state index contributed by atoms with van der Waals surface area (Å²) in [4.78, 5) is 36.7. The van der Waals surface area contributed by atoms with Crippen molar-refractivity contribution < 1.29 is 29.0 Å². The van der Waals surface area contributed by atoms with Crippen LogP contribution in [0, 0.1) is 17.7 Å². The minimum Gasteiger partial charge on any atom is -0.481 e. The number of amides is 1. The van der Waals surface area contributed by atoms with E-state index in [0.717, 1.165) is 0 Å². The van der Waals surface area contributed by atoms with Gasteiger partial charge in [-0.15, -0.1) is 0 Å². The van der Waals surface area contributed by atoms with Gasteiger partial charge in [-0.3, -0.25) is 14.4 Å². The van der Waals surface area contributed by atoms with Crippen LogP contribution in [0.1, 0.15) is 33.1 Å². The Labute approximate surface area is 157 Å². The highest BCUT2D eigenvalue weighted by molar-refractivity contribution is 5.98. The number of allylic oxidation sites excluding steroid dienone is 1. The maximum Gasteiger partial charge on any atom is 0.305 e. The molecule has 1 heterocycles. The molecule has 0 aliphatic carbocycles. The lowest BCUT2D eigenvalue weighted by atomic mass is 9.88. The van der Waals surface area contributed by atoms with E-state index in [-0.39, 0.29) is 30.2 Å². The molecule has 27 heavy (non-hydrogen) atoms. The molecule has 3 atom stereocenters. The van der Waals surface area contributed by atoms with Gasteiger partial charge in [-0.2, -0.15) is 0 Å². The molecule has 2 N–H and O–H groups in total. The van der Waals surface area contributed by atoms with Crippen molar-refractivity contribution in [2.75, 3.05) is 4.90 Å². The Morgan fingerprint density at radius 2 is 1.89 bits per heavy atom. The van der Waals surface area contributed by atoms with Crippen LogP contribution >= 0.6 is 0 Å². The zero-order valence-corrected chi connectivity index (χ0v) is 15.3. The van der Waals surface area contributed by atoms with Crippen molar-refractivity contribution in [1.29, 1.82) is 0 Å². The molecule has 1 aromatic rings. The van der Waals surface area contributed by atoms with Gasteiger partial charge in [0.05, 0.1) is 18.6 Å². The average Bonchev–Trinajstić information content (AvgIpc) is 2.89. The lowest BCUT2D eigenvalue weighted by Crippen LogP contribution is -2.35. The quantitative estimate of drug-likeness (QED) is 0.679. The first-order valence-electron chi connectivity index (χ1n) is 8.87. The van der Waals surface area contributed by atoms with Crippen LogP contribution in [0.3, 0.4) is 0 Å². The Kier molecular flexibility index (Phi) is 6.85. The molecule has 7 heteroatoms. The fourth-order valence-electron chi connectivity index (χ4n) is 3.34. The van der Waals surface area contributed by atoms with Crippen LogP contribution in [0.15, 0.2) is 36.4 Å². The Bertz CT molecular complexity index is 728. The number of benzene rings is 1. The van der Waals surface area contributed by atoms with Gasteiger partial charge >= 0.3 is 5.97 Å². The summed E-state index contributed by atoms with van der Waals surface area (Å²) >= 11 is 0. The van der Waals surface area contributed by atoms with Gasteiger partial charge in [-0.05, 0) is 42.2 Å². The van der Waals surface area contributed by atoms with E-state index >= 15 is 0 Å². The van der Waals surface area contributed by atoms with Crippen LogP contribution in [0.2, 0.25) is 0 Å². The molecule has 0 unspecified atom stereocenters. The molecule has 2 rings (SSSR count). The molecule has 1 amide bonds. The maximum atomic E-state index is 13.2. The second kappa shape index (κ2) is 8.90. The maximum absolute atomic E-state index is 13.2. The Morgan fingerprint density at radius 3 is 2.44 bits per heavy atom. The minimum absolute atomic E-state index is 0.0180. The van der Waals surface area contributed by atoms with E-state index in [2.05, 4.69) is 0 Å². The zero-order valence-electron chi connectivity index (χ0n) is 15.3. The summed E-state index contributed by atoms with van der Waals surface area (Å²) in [5, 5.41) is 18.2. The molecular weight excluding hydrogens is 353 g/mol. The number of aliphatic hydroxyl groups excluding tert-OH is 1. The van der Waals surface area contributed by atoms with Crippen molar-refractivity contribution in [3.63, 3.8) is 0 Å². The Balaban J connectivity index is 2.19. The van der Waals surface area contributed by atoms with E-state index in [1.54, 1.807) is 11.0 Å². The zero-order chi connectivity index (χ0) is 20.1. The molecule has 1 aliphatic heterocycles. The van der Waals surface area contributed by atoms with Crippen LogP contribution in [0.25, 0.3) is 0 Å². The highest BCUT2D eigenvalue weighted by Crippen LogP contribution is 2.36. The van der Waals surface area contributed by atoms with Gasteiger partial charge in [0.15, 0.2) is 5.78 Å². The summed E-state index contributed by atoms with van der Waals surface area (Å²) in [5.41, 5.74) is 0.553. The number of ketones is 1. The molecule has 0 spiro atoms. The van der Waals surface area contributed by atoms with Crippen molar-refractivity contribution in [3.8, 4) is 0 Å². The topological polar surface area (TPSA) is 94.9 Å². The molecule has 1 fully saturated rings. The molecule has 146 valence electrons. The lowest BCUT2D eigenvalue weighted by Gasteiger charge is -2.27. The molecule has 1 aromatic carbocycles. The number of anilines is 1. The largest absolute Gasteiger partial charge is 0.481 e. The van der Waals surface area contributed by atoms with Crippen molar-refractivity contribution in [1.82, 2.24) is 0 Å². The summed E-state index contributed by atoms with van der Waals surface area (Å²) in [6.45, 7) is 3.98. The second-order valence-electron chi connectivity index (χ2n) is 7.12. The fourth-order valence-corrected chi connectivity index (χ4v) is 3.34. The van der Waals surface area contributed by atoms with Crippen molar-refractivity contribution in [3.05, 3.63) is 42.2 Å². The van der Waals surface area contributed by atoms with Crippen molar-refractivity contribution in [2.45, 2.75) is 45.3 Å². The van der Waals surface area contributed by atoms with E-state index < -0.39 is 30.1 Å². The van der Waals surface area contributed by atoms with Gasteiger partial charge in [0.25, 0.3) is 0 Å². The molecule has 0 saturated carbocycles. The number of nitrogens with zero attached hydrogens (tertiary/aromatic N) is 1. The molecule has 1 saturated heterocycles. The number of rotatable bonds is 8. The normalized spacial score (nSPS) is 21.2. The van der Waals surface area contributed by atoms with Crippen LogP contribution in [-0.2, 0) is 14.4 Å². The highest BCUT2D eigenvalue weighted by Gasteiger charge is 2.40. The average molecular weight is 377 g/mol. The number of carboxylic acid groups (broad SMARTS) is 1. The van der Waals surface area contributed by atoms with Gasteiger partial charge < -0.3 is 15.1 Å². The third-order valence-corrected chi connectivity index (χ3v) is 4.70. The highest BCUT2D eigenvalue weighted by atomic mass is 19.1. The van der Waals surface area contributed by atoms with Gasteiger partial charge in [0.1, 0.15) is 5.82 Å². The fraction of sp³-hybridized carbons (Fsp3) is 0.450. The van der Waals surface area contributed by atoms with E-state index in [4.69, 9.17) is 5.11 Å². The van der Waals surface area contributed by atoms with E-state index in [9.17, 15) is 23.9 Å². The molecular formula is C20H24FNO5. The van der Waals surface area contributed by atoms with Crippen molar-refractivity contribution >= 4 is 23.3 Å². The van der Waals surface area contributed by atoms with E-state index in [1.165, 1.54) is 30.3 Å². The summed E-state index contributed by atoms with van der Waals surface area (Å²) < 4.78 is 13.2. The smallest absolute Gasteiger partial charge is 0.305 e. The predicted molar refractivity (Wildman–Crippen MR) is 97.6 cm³/mol. The number of aliphatic hydroxyl groups is 1. The number of hydrogen-bond acceptors (Lipinski definition) is 4. The minimum atomic E-state index is -1.25. The summed E-state index contributed by atoms with van der Waals surface area (Å²) in [7, 11) is 0. The number of carbonyl (C=O) groups excluding carboxylic acids is 2. The Morgan fingerprint density at radius 1 is 1.26 bits per heavy atom. The van der Waals surface area contributed by atoms with Gasteiger partial charge in [-0.25, -0.2) is 4.39 Å². The van der Waals surface area contributed by atoms with Gasteiger partial charge in [0, 0.05) is 18.5 Å². The third-order valence-electron chi connectivity index (χ3n) is 4.70. The second-order valence-corrected chi connectivity index (χ2v) is 7.12. The van der Waals surface area contributed by atoms with Crippen LogP contribution in [0.5, 0.6) is 0 Å². The van der Waals surface area contributed by atoms with Gasteiger partial charge in [0.2, 0.25) is 5.91 Å². The first-order chi connectivity index (χ1) is 12.7. The molecule has 0 aromatic heterocycles. The van der Waals surface area contributed by atoms with Crippen molar-refractivity contribution in [2.24, 2.45) is 11.8 Å². The molecule has 0 bridgehead atoms. The monoisotopic (exact) mass is 377 g/mol. The summed E-state index contributed by atoms with van der Waals surface area (Å²) in [6, 6.07) is 5.23. The molecule has 6 nitrogen and oxygen atoms in total. The predicted octanol–water partition coefficient (Wildman–Crippen LogP) is 2.55. The number of carboxylic acids is 1. The third kappa shape index (κ3) is 5.47. The van der Waals surface area contributed by atoms with Crippen LogP contribution in [-0.4, -0.2) is 40.0 Å². The van der Waals surface area contributed by atoms with Gasteiger partial charge in [-0.1, -0.05) is 19.9 Å². The van der Waals surface area contributed by atoms with Crippen LogP contribution < -0.4 is 4.90 Å². The standard InChI is InChI=1S/C20H24FNO5/c1-12(2)17-11-19(25)22(14-5-3-13(21)4-6-14)18(17)8-7-15(23)9-16(24)10-20(26)27/h3-8,12,16-18,24H,9-11H2,1-2H3,(H,26,27)/t16-,17+,18+/m1/s1. The first-order valence-corrected chi connectivity index (χ1v) is 8.87. The summed E-state index contributed by atoms with van der Waals surface area (Å²) in [5.74, 6) is -1.93. The molecule has 1 aliphatic rings. The SMILES string of the molecule is CC(C)[C@@H]1CC(=O)N(c2ccc(F)cc2)[C@H]1C=CC(=O)C[C@@H](O)CC(=O)O. The van der Waals surface area contributed by atoms with E-state index in [1.807, 2.05) is 13.8 Å². The Hall–Kier alpha value is -2.54. The van der Waals surface area contributed by atoms with Crippen LogP contribution in [0.4, 0.5) is 10.1 Å². The number of halogens is 1. The number of carbonyl (C=O) groups is 3. The summed E-state index contributed by atoms with van der Waals surface area (Å²) in [6.07, 6.45) is 1.18. The van der Waals surface area contributed by atoms with E-state index in [0.29, 0.717) is 12.1 Å². The number of aliphatic carboxylic acids is 1. The first kappa shape index (κ1) is 20.8.